The molecule has 1 unspecified atom stereocenters. The molecule has 0 aromatic heterocycles. The van der Waals surface area contributed by atoms with Gasteiger partial charge in [0, 0.05) is 10.7 Å². The summed E-state index contributed by atoms with van der Waals surface area (Å²) in [6.07, 6.45) is 0. The van der Waals surface area contributed by atoms with Crippen LogP contribution in [-0.2, 0) is 9.59 Å². The number of carbonyl (C=O) groups is 2. The van der Waals surface area contributed by atoms with Crippen LogP contribution in [0.25, 0.3) is 0 Å². The molecule has 1 fully saturated rings. The van der Waals surface area contributed by atoms with Crippen LogP contribution in [0.1, 0.15) is 6.92 Å². The van der Waals surface area contributed by atoms with Gasteiger partial charge in [-0.05, 0) is 31.2 Å². The molecule has 0 aliphatic carbocycles. The van der Waals surface area contributed by atoms with E-state index >= 15 is 0 Å². The van der Waals surface area contributed by atoms with E-state index in [9.17, 15) is 9.59 Å². The summed E-state index contributed by atoms with van der Waals surface area (Å²) in [5.74, 6) is -0.0978. The lowest BCUT2D eigenvalue weighted by molar-refractivity contribution is -0.907. The van der Waals surface area contributed by atoms with Crippen LogP contribution in [0.3, 0.4) is 0 Å². The fourth-order valence-corrected chi connectivity index (χ4v) is 2.18. The molecule has 19 heavy (non-hydrogen) atoms. The summed E-state index contributed by atoms with van der Waals surface area (Å²) in [5, 5.41) is 6.22. The Bertz CT molecular complexity index is 475. The molecule has 2 rings (SSSR count). The number of quaternary nitrogens is 1. The molecule has 1 heterocycles. The molecule has 1 aromatic carbocycles. The van der Waals surface area contributed by atoms with Crippen LogP contribution in [-0.4, -0.2) is 37.5 Å². The van der Waals surface area contributed by atoms with Gasteiger partial charge in [-0.2, -0.15) is 0 Å². The van der Waals surface area contributed by atoms with Crippen molar-refractivity contribution in [2.75, 3.05) is 25.0 Å². The normalized spacial score (nSPS) is 20.5. The van der Waals surface area contributed by atoms with Gasteiger partial charge in [0.1, 0.15) is 0 Å². The second kappa shape index (κ2) is 6.04. The van der Waals surface area contributed by atoms with Gasteiger partial charge >= 0.3 is 0 Å². The van der Waals surface area contributed by atoms with Crippen molar-refractivity contribution in [2.24, 2.45) is 0 Å². The molecule has 5 nitrogen and oxygen atoms in total. The van der Waals surface area contributed by atoms with E-state index in [0.29, 0.717) is 23.8 Å². The van der Waals surface area contributed by atoms with Crippen LogP contribution in [0.5, 0.6) is 0 Å². The summed E-state index contributed by atoms with van der Waals surface area (Å²) in [7, 11) is 0. The molecule has 3 N–H and O–H groups in total. The van der Waals surface area contributed by atoms with Crippen LogP contribution in [0.2, 0.25) is 5.02 Å². The van der Waals surface area contributed by atoms with Crippen LogP contribution in [0, 0.1) is 0 Å². The van der Waals surface area contributed by atoms with Crippen molar-refractivity contribution in [3.05, 3.63) is 29.3 Å². The monoisotopic (exact) mass is 282 g/mol. The Hall–Kier alpha value is -1.59. The standard InChI is InChI=1S/C13H16ClN3O2/c1-9(17-7-6-15-12(18)8-17)13(19)16-11-4-2-10(14)3-5-11/h2-5,9H,6-8H2,1H3,(H,15,18)(H,16,19)/p+1/t9-/m0/s1. The average Bonchev–Trinajstić information content (AvgIpc) is 2.40. The van der Waals surface area contributed by atoms with E-state index in [1.165, 1.54) is 0 Å². The first kappa shape index (κ1) is 13.8. The number of carbonyl (C=O) groups excluding carboxylic acids is 2. The highest BCUT2D eigenvalue weighted by molar-refractivity contribution is 6.30. The third kappa shape index (κ3) is 3.68. The van der Waals surface area contributed by atoms with E-state index in [0.717, 1.165) is 11.4 Å². The topological polar surface area (TPSA) is 62.6 Å². The van der Waals surface area contributed by atoms with Gasteiger partial charge in [-0.25, -0.2) is 0 Å². The van der Waals surface area contributed by atoms with Gasteiger partial charge in [0.05, 0.1) is 13.1 Å². The van der Waals surface area contributed by atoms with Crippen molar-refractivity contribution in [1.29, 1.82) is 0 Å². The summed E-state index contributed by atoms with van der Waals surface area (Å²) >= 11 is 5.79. The minimum Gasteiger partial charge on any atom is -0.346 e. The van der Waals surface area contributed by atoms with Gasteiger partial charge in [0.15, 0.2) is 12.6 Å². The molecular weight excluding hydrogens is 266 g/mol. The first-order valence-electron chi connectivity index (χ1n) is 6.24. The Kier molecular flexibility index (Phi) is 4.39. The van der Waals surface area contributed by atoms with Crippen molar-refractivity contribution in [3.63, 3.8) is 0 Å². The Labute approximate surface area is 116 Å². The van der Waals surface area contributed by atoms with Crippen molar-refractivity contribution in [3.8, 4) is 0 Å². The number of anilines is 1. The zero-order valence-corrected chi connectivity index (χ0v) is 11.5. The van der Waals surface area contributed by atoms with E-state index in [1.807, 2.05) is 6.92 Å². The van der Waals surface area contributed by atoms with Crippen molar-refractivity contribution < 1.29 is 14.5 Å². The molecule has 0 spiro atoms. The second-order valence-corrected chi connectivity index (χ2v) is 5.09. The smallest absolute Gasteiger partial charge is 0.282 e. The molecule has 0 saturated carbocycles. The second-order valence-electron chi connectivity index (χ2n) is 4.65. The SMILES string of the molecule is C[C@@H](C(=O)Nc1ccc(Cl)cc1)[NH+]1CCNC(=O)C1. The molecule has 1 aliphatic heterocycles. The van der Waals surface area contributed by atoms with Gasteiger partial charge in [-0.15, -0.1) is 0 Å². The predicted molar refractivity (Wildman–Crippen MR) is 73.3 cm³/mol. The van der Waals surface area contributed by atoms with Gasteiger partial charge in [-0.3, -0.25) is 9.59 Å². The van der Waals surface area contributed by atoms with Crippen molar-refractivity contribution >= 4 is 29.1 Å². The molecular formula is C13H17ClN3O2+. The van der Waals surface area contributed by atoms with Crippen molar-refractivity contribution in [2.45, 2.75) is 13.0 Å². The number of halogens is 1. The van der Waals surface area contributed by atoms with E-state index in [1.54, 1.807) is 24.3 Å². The van der Waals surface area contributed by atoms with Crippen LogP contribution >= 0.6 is 11.6 Å². The molecule has 2 atom stereocenters. The largest absolute Gasteiger partial charge is 0.346 e. The lowest BCUT2D eigenvalue weighted by Gasteiger charge is -2.28. The Balaban J connectivity index is 1.95. The van der Waals surface area contributed by atoms with Crippen LogP contribution in [0.15, 0.2) is 24.3 Å². The van der Waals surface area contributed by atoms with Gasteiger partial charge in [0.2, 0.25) is 0 Å². The van der Waals surface area contributed by atoms with Crippen LogP contribution in [0.4, 0.5) is 5.69 Å². The number of hydrogen-bond acceptors (Lipinski definition) is 2. The van der Waals surface area contributed by atoms with Gasteiger partial charge in [0.25, 0.3) is 11.8 Å². The number of nitrogens with one attached hydrogen (secondary N) is 3. The molecule has 0 radical (unpaired) electrons. The Morgan fingerprint density at radius 2 is 2.11 bits per heavy atom. The highest BCUT2D eigenvalue weighted by Crippen LogP contribution is 2.13. The fraction of sp³-hybridized carbons (Fsp3) is 0.385. The number of piperazine rings is 1. The van der Waals surface area contributed by atoms with Gasteiger partial charge < -0.3 is 15.5 Å². The number of amides is 2. The molecule has 102 valence electrons. The average molecular weight is 283 g/mol. The highest BCUT2D eigenvalue weighted by atomic mass is 35.5. The maximum atomic E-state index is 12.1. The molecule has 6 heteroatoms. The molecule has 1 saturated heterocycles. The first-order valence-corrected chi connectivity index (χ1v) is 6.62. The van der Waals surface area contributed by atoms with E-state index in [4.69, 9.17) is 11.6 Å². The Morgan fingerprint density at radius 3 is 2.74 bits per heavy atom. The number of rotatable bonds is 3. The molecule has 1 aliphatic rings. The fourth-order valence-electron chi connectivity index (χ4n) is 2.06. The zero-order valence-electron chi connectivity index (χ0n) is 10.7. The molecule has 0 bridgehead atoms. The third-order valence-corrected chi connectivity index (χ3v) is 3.53. The van der Waals surface area contributed by atoms with Gasteiger partial charge in [-0.1, -0.05) is 11.6 Å². The quantitative estimate of drug-likeness (QED) is 0.712. The summed E-state index contributed by atoms with van der Waals surface area (Å²) in [6, 6.07) is 6.70. The summed E-state index contributed by atoms with van der Waals surface area (Å²) < 4.78 is 0. The Morgan fingerprint density at radius 1 is 1.42 bits per heavy atom. The maximum Gasteiger partial charge on any atom is 0.282 e. The minimum atomic E-state index is -0.262. The minimum absolute atomic E-state index is 0.00704. The summed E-state index contributed by atoms with van der Waals surface area (Å²) in [6.45, 7) is 3.56. The predicted octanol–water partition coefficient (Wildman–Crippen LogP) is -0.318. The third-order valence-electron chi connectivity index (χ3n) is 3.27. The van der Waals surface area contributed by atoms with E-state index in [-0.39, 0.29) is 17.9 Å². The number of hydrogen-bond donors (Lipinski definition) is 3. The summed E-state index contributed by atoms with van der Waals surface area (Å²) in [5.41, 5.74) is 0.710. The first-order chi connectivity index (χ1) is 9.06. The zero-order chi connectivity index (χ0) is 13.8. The van der Waals surface area contributed by atoms with E-state index < -0.39 is 0 Å². The van der Waals surface area contributed by atoms with Crippen molar-refractivity contribution in [1.82, 2.24) is 5.32 Å². The molecule has 2 amide bonds. The molecule has 1 aromatic rings. The maximum absolute atomic E-state index is 12.1. The highest BCUT2D eigenvalue weighted by Gasteiger charge is 2.29. The number of benzene rings is 1. The lowest BCUT2D eigenvalue weighted by Crippen LogP contribution is -3.19. The van der Waals surface area contributed by atoms with Crippen LogP contribution < -0.4 is 15.5 Å². The lowest BCUT2D eigenvalue weighted by atomic mass is 10.2. The van der Waals surface area contributed by atoms with E-state index in [2.05, 4.69) is 10.6 Å². The summed E-state index contributed by atoms with van der Waals surface area (Å²) in [4.78, 5) is 24.4.